The molecule has 1 N–H and O–H groups in total. The van der Waals surface area contributed by atoms with Gasteiger partial charge in [-0.05, 0) is 26.3 Å². The molecule has 0 saturated carbocycles. The second-order valence-electron chi connectivity index (χ2n) is 4.77. The van der Waals surface area contributed by atoms with Crippen LogP contribution in [-0.2, 0) is 11.3 Å². The first-order valence-corrected chi connectivity index (χ1v) is 6.59. The third-order valence-corrected chi connectivity index (χ3v) is 3.43. The van der Waals surface area contributed by atoms with Crippen LogP contribution in [0.15, 0.2) is 18.2 Å². The summed E-state index contributed by atoms with van der Waals surface area (Å²) in [6, 6.07) is 4.65. The average Bonchev–Trinajstić information content (AvgIpc) is 2.43. The van der Waals surface area contributed by atoms with Crippen LogP contribution in [0.3, 0.4) is 0 Å². The van der Waals surface area contributed by atoms with E-state index in [4.69, 9.17) is 0 Å². The molecule has 1 atom stereocenters. The van der Waals surface area contributed by atoms with Gasteiger partial charge in [0.05, 0.1) is 11.0 Å². The van der Waals surface area contributed by atoms with Crippen molar-refractivity contribution in [3.05, 3.63) is 39.4 Å². The lowest BCUT2D eigenvalue weighted by Crippen LogP contribution is -2.42. The van der Waals surface area contributed by atoms with E-state index in [2.05, 4.69) is 5.32 Å². The lowest BCUT2D eigenvalue weighted by Gasteiger charge is -2.21. The van der Waals surface area contributed by atoms with Gasteiger partial charge in [0.25, 0.3) is 5.69 Å². The van der Waals surface area contributed by atoms with Crippen LogP contribution >= 0.6 is 0 Å². The fraction of sp³-hybridized carbons (Fsp3) is 0.500. The van der Waals surface area contributed by atoms with E-state index >= 15 is 0 Å². The molecular weight excluding hydrogens is 258 g/mol. The van der Waals surface area contributed by atoms with Crippen molar-refractivity contribution in [2.24, 2.45) is 0 Å². The molecule has 0 aliphatic carbocycles. The van der Waals surface area contributed by atoms with E-state index in [1.54, 1.807) is 31.9 Å². The molecule has 110 valence electrons. The molecule has 0 radical (unpaired) electrons. The zero-order chi connectivity index (χ0) is 15.3. The minimum absolute atomic E-state index is 0.00980. The lowest BCUT2D eigenvalue weighted by molar-refractivity contribution is -0.385. The van der Waals surface area contributed by atoms with Crippen molar-refractivity contribution in [1.29, 1.82) is 0 Å². The summed E-state index contributed by atoms with van der Waals surface area (Å²) < 4.78 is 0. The summed E-state index contributed by atoms with van der Waals surface area (Å²) in [5.41, 5.74) is 1.57. The number of hydrogen-bond donors (Lipinski definition) is 1. The first-order chi connectivity index (χ1) is 9.38. The predicted octanol–water partition coefficient (Wildman–Crippen LogP) is 1.86. The summed E-state index contributed by atoms with van der Waals surface area (Å²) in [4.78, 5) is 24.0. The highest BCUT2D eigenvalue weighted by atomic mass is 16.6. The lowest BCUT2D eigenvalue weighted by atomic mass is 10.1. The molecule has 0 fully saturated rings. The van der Waals surface area contributed by atoms with Gasteiger partial charge in [-0.3, -0.25) is 14.9 Å². The molecule has 1 aromatic rings. The normalized spacial score (nSPS) is 12.0. The summed E-state index contributed by atoms with van der Waals surface area (Å²) >= 11 is 0. The topological polar surface area (TPSA) is 75.5 Å². The van der Waals surface area contributed by atoms with Crippen LogP contribution in [0.1, 0.15) is 25.0 Å². The summed E-state index contributed by atoms with van der Waals surface area (Å²) in [5.74, 6) is 0.00980. The van der Waals surface area contributed by atoms with E-state index in [0.29, 0.717) is 18.7 Å². The van der Waals surface area contributed by atoms with Crippen molar-refractivity contribution >= 4 is 11.6 Å². The van der Waals surface area contributed by atoms with Gasteiger partial charge in [-0.1, -0.05) is 12.1 Å². The van der Waals surface area contributed by atoms with Crippen LogP contribution in [0, 0.1) is 17.0 Å². The summed E-state index contributed by atoms with van der Waals surface area (Å²) in [5, 5.41) is 14.0. The predicted molar refractivity (Wildman–Crippen MR) is 77.4 cm³/mol. The molecule has 6 nitrogen and oxygen atoms in total. The Kier molecular flexibility index (Phi) is 5.64. The van der Waals surface area contributed by atoms with E-state index in [1.807, 2.05) is 13.0 Å². The average molecular weight is 279 g/mol. The summed E-state index contributed by atoms with van der Waals surface area (Å²) in [6.45, 7) is 6.51. The molecular formula is C14H21N3O3. The summed E-state index contributed by atoms with van der Waals surface area (Å²) in [6.07, 6.45) is 0. The van der Waals surface area contributed by atoms with Gasteiger partial charge in [0.15, 0.2) is 0 Å². The number of nitro benzene ring substituents is 1. The smallest absolute Gasteiger partial charge is 0.272 e. The summed E-state index contributed by atoms with van der Waals surface area (Å²) in [7, 11) is 1.75. The van der Waals surface area contributed by atoms with Gasteiger partial charge in [0.1, 0.15) is 0 Å². The van der Waals surface area contributed by atoms with E-state index < -0.39 is 4.92 Å². The molecule has 20 heavy (non-hydrogen) atoms. The number of carbonyl (C=O) groups excluding carboxylic acids is 1. The molecule has 0 heterocycles. The highest BCUT2D eigenvalue weighted by molar-refractivity contribution is 5.81. The van der Waals surface area contributed by atoms with Gasteiger partial charge in [-0.15, -0.1) is 0 Å². The molecule has 0 bridgehead atoms. The highest BCUT2D eigenvalue weighted by Crippen LogP contribution is 2.20. The Morgan fingerprint density at radius 2 is 2.15 bits per heavy atom. The Balaban J connectivity index is 2.73. The van der Waals surface area contributed by atoms with Crippen LogP contribution in [0.25, 0.3) is 0 Å². The Morgan fingerprint density at radius 3 is 2.70 bits per heavy atom. The monoisotopic (exact) mass is 279 g/mol. The number of nitrogens with one attached hydrogen (secondary N) is 1. The maximum absolute atomic E-state index is 11.9. The van der Waals surface area contributed by atoms with Crippen molar-refractivity contribution in [1.82, 2.24) is 10.2 Å². The van der Waals surface area contributed by atoms with E-state index in [-0.39, 0.29) is 17.6 Å². The van der Waals surface area contributed by atoms with Gasteiger partial charge >= 0.3 is 0 Å². The third kappa shape index (κ3) is 3.77. The van der Waals surface area contributed by atoms with Crippen molar-refractivity contribution in [2.45, 2.75) is 33.4 Å². The molecule has 1 amide bonds. The van der Waals surface area contributed by atoms with Gasteiger partial charge in [-0.2, -0.15) is 0 Å². The first-order valence-electron chi connectivity index (χ1n) is 6.59. The van der Waals surface area contributed by atoms with Crippen LogP contribution in [-0.4, -0.2) is 35.4 Å². The third-order valence-electron chi connectivity index (χ3n) is 3.43. The molecule has 0 aliphatic rings. The molecule has 0 saturated heterocycles. The van der Waals surface area contributed by atoms with Crippen LogP contribution in [0.5, 0.6) is 0 Å². The van der Waals surface area contributed by atoms with Crippen LogP contribution in [0.2, 0.25) is 0 Å². The van der Waals surface area contributed by atoms with E-state index in [1.165, 1.54) is 6.07 Å². The Hall–Kier alpha value is -1.95. The van der Waals surface area contributed by atoms with E-state index in [9.17, 15) is 14.9 Å². The van der Waals surface area contributed by atoms with Crippen LogP contribution in [0.4, 0.5) is 5.69 Å². The van der Waals surface area contributed by atoms with Gasteiger partial charge in [-0.25, -0.2) is 0 Å². The van der Waals surface area contributed by atoms with Gasteiger partial charge in [0.2, 0.25) is 5.91 Å². The van der Waals surface area contributed by atoms with Gasteiger partial charge < -0.3 is 10.2 Å². The Bertz CT molecular complexity index is 502. The van der Waals surface area contributed by atoms with Crippen molar-refractivity contribution < 1.29 is 9.72 Å². The molecule has 1 unspecified atom stereocenters. The number of amides is 1. The van der Waals surface area contributed by atoms with Gasteiger partial charge in [0, 0.05) is 31.8 Å². The Labute approximate surface area is 118 Å². The molecule has 6 heteroatoms. The van der Waals surface area contributed by atoms with Crippen molar-refractivity contribution in [3.63, 3.8) is 0 Å². The molecule has 1 rings (SSSR count). The minimum atomic E-state index is -0.391. The number of rotatable bonds is 6. The number of likely N-dealkylation sites (N-methyl/N-ethyl adjacent to an activating group) is 1. The van der Waals surface area contributed by atoms with Crippen molar-refractivity contribution in [3.8, 4) is 0 Å². The fourth-order valence-electron chi connectivity index (χ4n) is 1.90. The maximum Gasteiger partial charge on any atom is 0.272 e. The maximum atomic E-state index is 11.9. The second kappa shape index (κ2) is 7.00. The zero-order valence-electron chi connectivity index (χ0n) is 12.3. The SMILES string of the molecule is CCN(C)C(=O)C(C)NCc1cccc([N+](=O)[O-])c1C. The Morgan fingerprint density at radius 1 is 1.50 bits per heavy atom. The second-order valence-corrected chi connectivity index (χ2v) is 4.77. The molecule has 1 aromatic carbocycles. The number of nitro groups is 1. The number of nitrogens with zero attached hydrogens (tertiary/aromatic N) is 2. The first kappa shape index (κ1) is 16.1. The highest BCUT2D eigenvalue weighted by Gasteiger charge is 2.17. The van der Waals surface area contributed by atoms with Crippen LogP contribution < -0.4 is 5.32 Å². The molecule has 0 aromatic heterocycles. The molecule has 0 spiro atoms. The zero-order valence-corrected chi connectivity index (χ0v) is 12.3. The standard InChI is InChI=1S/C14H21N3O3/c1-5-16(4)14(18)11(3)15-9-12-7-6-8-13(10(12)2)17(19)20/h6-8,11,15H,5,9H2,1-4H3. The van der Waals surface area contributed by atoms with E-state index in [0.717, 1.165) is 5.56 Å². The number of hydrogen-bond acceptors (Lipinski definition) is 4. The fourth-order valence-corrected chi connectivity index (χ4v) is 1.90. The quantitative estimate of drug-likeness (QED) is 0.637. The number of carbonyl (C=O) groups is 1. The molecule has 0 aliphatic heterocycles. The number of benzene rings is 1. The minimum Gasteiger partial charge on any atom is -0.345 e. The largest absolute Gasteiger partial charge is 0.345 e. The van der Waals surface area contributed by atoms with Crippen molar-refractivity contribution in [2.75, 3.05) is 13.6 Å².